The van der Waals surface area contributed by atoms with E-state index in [9.17, 15) is 0 Å². The van der Waals surface area contributed by atoms with Crippen LogP contribution in [0.5, 0.6) is 0 Å². The Balaban J connectivity index is -0.000000815. The lowest BCUT2D eigenvalue weighted by atomic mass is 9.66. The normalized spacial score (nSPS) is 11.6. The maximum Gasteiger partial charge on any atom is 0.0238 e. The summed E-state index contributed by atoms with van der Waals surface area (Å²) in [6.45, 7) is 25.5. The SMILES string of the molecule is CC.CC.CC.CC.CN(C)C(C)(C)C(C)(C)C1=C(c2ccccc2)Cc2ccccc21.CNC. The van der Waals surface area contributed by atoms with Crippen molar-refractivity contribution in [3.8, 4) is 0 Å². The molecule has 2 nitrogen and oxygen atoms in total. The van der Waals surface area contributed by atoms with Crippen molar-refractivity contribution in [1.29, 1.82) is 0 Å². The van der Waals surface area contributed by atoms with Crippen molar-refractivity contribution in [2.24, 2.45) is 5.41 Å². The van der Waals surface area contributed by atoms with Crippen LogP contribution < -0.4 is 5.32 Å². The van der Waals surface area contributed by atoms with Gasteiger partial charge in [0.25, 0.3) is 0 Å². The van der Waals surface area contributed by atoms with Gasteiger partial charge in [0.2, 0.25) is 0 Å². The molecule has 202 valence electrons. The highest BCUT2D eigenvalue weighted by Crippen LogP contribution is 2.53. The van der Waals surface area contributed by atoms with Crippen molar-refractivity contribution in [2.45, 2.75) is 95.0 Å². The molecule has 0 amide bonds. The number of fused-ring (bicyclic) bond motifs is 1. The molecule has 0 heterocycles. The van der Waals surface area contributed by atoms with Crippen molar-refractivity contribution in [3.63, 3.8) is 0 Å². The molecule has 1 aliphatic carbocycles. The maximum atomic E-state index is 2.75. The number of hydrogen-bond donors (Lipinski definition) is 1. The minimum absolute atomic E-state index is 0.0221. The van der Waals surface area contributed by atoms with E-state index in [1.54, 1.807) is 0 Å². The molecule has 0 radical (unpaired) electrons. The van der Waals surface area contributed by atoms with Crippen LogP contribution in [-0.4, -0.2) is 38.6 Å². The molecular formula is C33H60N2. The van der Waals surface area contributed by atoms with E-state index >= 15 is 0 Å². The summed E-state index contributed by atoms with van der Waals surface area (Å²) < 4.78 is 0. The number of nitrogens with one attached hydrogen (secondary N) is 1. The number of benzene rings is 2. The molecule has 1 aliphatic rings. The standard InChI is InChI=1S/C23H29N.C2H7N.4C2H6/c1-22(2,23(3,4)24(5)6)21-19-15-11-10-14-18(19)16-20(21)17-12-8-7-9-13-17;1-3-2;4*1-2/h7-15H,16H2,1-6H3;3H,1-2H3;4*1-2H3. The Hall–Kier alpha value is -1.90. The first kappa shape index (κ1) is 37.6. The van der Waals surface area contributed by atoms with Crippen LogP contribution in [-0.2, 0) is 6.42 Å². The average Bonchev–Trinajstić information content (AvgIpc) is 3.30. The topological polar surface area (TPSA) is 15.3 Å². The maximum absolute atomic E-state index is 2.75. The summed E-state index contributed by atoms with van der Waals surface area (Å²) in [6.07, 6.45) is 1.03. The monoisotopic (exact) mass is 484 g/mol. The van der Waals surface area contributed by atoms with Gasteiger partial charge in [0.05, 0.1) is 0 Å². The molecule has 3 rings (SSSR count). The second kappa shape index (κ2) is 20.3. The molecule has 0 bridgehead atoms. The molecule has 0 saturated carbocycles. The summed E-state index contributed by atoms with van der Waals surface area (Å²) in [5, 5.41) is 2.75. The van der Waals surface area contributed by atoms with Gasteiger partial charge in [0.1, 0.15) is 0 Å². The molecule has 2 aromatic rings. The highest BCUT2D eigenvalue weighted by molar-refractivity contribution is 5.99. The first-order chi connectivity index (χ1) is 16.7. The summed E-state index contributed by atoms with van der Waals surface area (Å²) >= 11 is 0. The van der Waals surface area contributed by atoms with Crippen LogP contribution in [0.1, 0.15) is 99.8 Å². The molecule has 0 spiro atoms. The summed E-state index contributed by atoms with van der Waals surface area (Å²) in [7, 11) is 8.12. The van der Waals surface area contributed by atoms with Gasteiger partial charge in [0.15, 0.2) is 0 Å². The van der Waals surface area contributed by atoms with E-state index in [1.807, 2.05) is 69.5 Å². The third-order valence-electron chi connectivity index (χ3n) is 6.35. The van der Waals surface area contributed by atoms with Gasteiger partial charge < -0.3 is 10.2 Å². The van der Waals surface area contributed by atoms with Gasteiger partial charge in [-0.1, -0.05) is 124 Å². The molecule has 0 aromatic heterocycles. The van der Waals surface area contributed by atoms with Crippen molar-refractivity contribution in [3.05, 3.63) is 71.3 Å². The van der Waals surface area contributed by atoms with Crippen LogP contribution in [0.4, 0.5) is 0 Å². The van der Waals surface area contributed by atoms with Crippen molar-refractivity contribution < 1.29 is 0 Å². The van der Waals surface area contributed by atoms with Gasteiger partial charge in [-0.25, -0.2) is 0 Å². The van der Waals surface area contributed by atoms with Crippen molar-refractivity contribution in [1.82, 2.24) is 10.2 Å². The van der Waals surface area contributed by atoms with Crippen LogP contribution in [0.25, 0.3) is 11.1 Å². The third-order valence-corrected chi connectivity index (χ3v) is 6.35. The number of allylic oxidation sites excluding steroid dienone is 1. The Labute approximate surface area is 221 Å². The van der Waals surface area contributed by atoms with Gasteiger partial charge in [-0.15, -0.1) is 0 Å². The van der Waals surface area contributed by atoms with E-state index in [0.29, 0.717) is 0 Å². The van der Waals surface area contributed by atoms with Crippen LogP contribution in [0.2, 0.25) is 0 Å². The highest BCUT2D eigenvalue weighted by Gasteiger charge is 2.45. The van der Waals surface area contributed by atoms with Gasteiger partial charge in [-0.3, -0.25) is 0 Å². The van der Waals surface area contributed by atoms with E-state index < -0.39 is 0 Å². The van der Waals surface area contributed by atoms with Crippen molar-refractivity contribution in [2.75, 3.05) is 28.2 Å². The summed E-state index contributed by atoms with van der Waals surface area (Å²) in [6, 6.07) is 19.8. The minimum atomic E-state index is 0.0221. The fourth-order valence-electron chi connectivity index (χ4n) is 3.82. The molecule has 0 unspecified atom stereocenters. The van der Waals surface area contributed by atoms with E-state index in [0.717, 1.165) is 6.42 Å². The Kier molecular flexibility index (Phi) is 21.8. The summed E-state index contributed by atoms with van der Waals surface area (Å²) in [5.41, 5.74) is 7.28. The highest BCUT2D eigenvalue weighted by atomic mass is 15.1. The Bertz CT molecular complexity index is 784. The van der Waals surface area contributed by atoms with Crippen LogP contribution >= 0.6 is 0 Å². The minimum Gasteiger partial charge on any atom is -0.323 e. The van der Waals surface area contributed by atoms with Crippen LogP contribution in [0.3, 0.4) is 0 Å². The van der Waals surface area contributed by atoms with E-state index in [4.69, 9.17) is 0 Å². The fraction of sp³-hybridized carbons (Fsp3) is 0.576. The van der Waals surface area contributed by atoms with Gasteiger partial charge in [-0.05, 0) is 76.3 Å². The fourth-order valence-corrected chi connectivity index (χ4v) is 3.82. The first-order valence-corrected chi connectivity index (χ1v) is 13.8. The van der Waals surface area contributed by atoms with Crippen LogP contribution in [0, 0.1) is 5.41 Å². The van der Waals surface area contributed by atoms with E-state index in [1.165, 1.54) is 27.8 Å². The lowest BCUT2D eigenvalue weighted by Crippen LogP contribution is -2.51. The zero-order valence-corrected chi connectivity index (χ0v) is 26.4. The Morgan fingerprint density at radius 1 is 0.657 bits per heavy atom. The molecule has 2 heteroatoms. The number of nitrogens with zero attached hydrogens (tertiary/aromatic N) is 1. The average molecular weight is 485 g/mol. The largest absolute Gasteiger partial charge is 0.323 e. The molecular weight excluding hydrogens is 424 g/mol. The van der Waals surface area contributed by atoms with Gasteiger partial charge >= 0.3 is 0 Å². The van der Waals surface area contributed by atoms with E-state index in [-0.39, 0.29) is 11.0 Å². The molecule has 1 N–H and O–H groups in total. The second-order valence-electron chi connectivity index (χ2n) is 8.63. The Morgan fingerprint density at radius 3 is 1.49 bits per heavy atom. The van der Waals surface area contributed by atoms with Crippen LogP contribution in [0.15, 0.2) is 54.6 Å². The number of rotatable bonds is 4. The summed E-state index contributed by atoms with van der Waals surface area (Å²) in [4.78, 5) is 2.35. The summed E-state index contributed by atoms with van der Waals surface area (Å²) in [5.74, 6) is 0. The van der Waals surface area contributed by atoms with Crippen molar-refractivity contribution >= 4 is 11.1 Å². The molecule has 35 heavy (non-hydrogen) atoms. The van der Waals surface area contributed by atoms with Gasteiger partial charge in [-0.2, -0.15) is 0 Å². The molecule has 0 aliphatic heterocycles. The first-order valence-electron chi connectivity index (χ1n) is 13.8. The third kappa shape index (κ3) is 9.94. The van der Waals surface area contributed by atoms with E-state index in [2.05, 4.69) is 107 Å². The predicted molar refractivity (Wildman–Crippen MR) is 165 cm³/mol. The lowest BCUT2D eigenvalue weighted by molar-refractivity contribution is 0.0937. The van der Waals surface area contributed by atoms with Gasteiger partial charge in [0, 0.05) is 11.0 Å². The quantitative estimate of drug-likeness (QED) is 0.465. The number of hydrogen-bond acceptors (Lipinski definition) is 2. The Morgan fingerprint density at radius 2 is 1.06 bits per heavy atom. The zero-order valence-electron chi connectivity index (χ0n) is 26.4. The molecule has 0 saturated heterocycles. The second-order valence-corrected chi connectivity index (χ2v) is 8.63. The molecule has 2 aromatic carbocycles. The predicted octanol–water partition coefficient (Wildman–Crippen LogP) is 9.46. The molecule has 0 atom stereocenters. The molecule has 0 fully saturated rings. The zero-order chi connectivity index (χ0) is 28.2. The smallest absolute Gasteiger partial charge is 0.0238 e. The lowest BCUT2D eigenvalue weighted by Gasteiger charge is -2.48.